The second-order valence-electron chi connectivity index (χ2n) is 5.36. The van der Waals surface area contributed by atoms with Crippen molar-refractivity contribution in [1.82, 2.24) is 10.1 Å². The fraction of sp³-hybridized carbons (Fsp3) is 0.385. The Morgan fingerprint density at radius 3 is 2.78 bits per heavy atom. The first-order valence-corrected chi connectivity index (χ1v) is 5.80. The molecular weight excluding hydrogens is 235 g/mol. The summed E-state index contributed by atoms with van der Waals surface area (Å²) in [4.78, 5) is 4.27. The van der Waals surface area contributed by atoms with Crippen LogP contribution in [-0.4, -0.2) is 15.2 Å². The van der Waals surface area contributed by atoms with Crippen LogP contribution in [0.3, 0.4) is 0 Å². The normalized spacial score (nSPS) is 20.9. The third-order valence-electron chi connectivity index (χ3n) is 3.46. The Labute approximate surface area is 103 Å². The van der Waals surface area contributed by atoms with Crippen molar-refractivity contribution in [3.63, 3.8) is 0 Å². The van der Waals surface area contributed by atoms with Crippen molar-refractivity contribution in [3.05, 3.63) is 29.8 Å². The molecule has 1 aromatic heterocycles. The zero-order valence-corrected chi connectivity index (χ0v) is 10.1. The maximum absolute atomic E-state index is 12.9. The van der Waals surface area contributed by atoms with Crippen LogP contribution < -0.4 is 0 Å². The van der Waals surface area contributed by atoms with Crippen LogP contribution >= 0.6 is 0 Å². The Kier molecular flexibility index (Phi) is 2.20. The van der Waals surface area contributed by atoms with Crippen molar-refractivity contribution in [2.24, 2.45) is 5.41 Å². The topological polar surface area (TPSA) is 59.2 Å². The van der Waals surface area contributed by atoms with Gasteiger partial charge in [0.15, 0.2) is 5.82 Å². The highest BCUT2D eigenvalue weighted by Gasteiger charge is 2.49. The van der Waals surface area contributed by atoms with E-state index in [4.69, 9.17) is 4.52 Å². The van der Waals surface area contributed by atoms with E-state index >= 15 is 0 Å². The maximum atomic E-state index is 12.9. The van der Waals surface area contributed by atoms with Crippen molar-refractivity contribution < 1.29 is 14.0 Å². The molecule has 1 aromatic carbocycles. The summed E-state index contributed by atoms with van der Waals surface area (Å²) in [7, 11) is 0. The molecule has 1 fully saturated rings. The SMILES string of the molecule is CC1(C)CC1c1noc(-c2ccc(F)cc2O)n1. The van der Waals surface area contributed by atoms with Crippen molar-refractivity contribution in [1.29, 1.82) is 0 Å². The zero-order valence-electron chi connectivity index (χ0n) is 10.1. The van der Waals surface area contributed by atoms with Gasteiger partial charge in [-0.3, -0.25) is 0 Å². The van der Waals surface area contributed by atoms with E-state index in [1.807, 2.05) is 0 Å². The molecule has 0 radical (unpaired) electrons. The van der Waals surface area contributed by atoms with Crippen LogP contribution in [0.5, 0.6) is 5.75 Å². The molecule has 94 valence electrons. The number of benzene rings is 1. The number of rotatable bonds is 2. The summed E-state index contributed by atoms with van der Waals surface area (Å²) >= 11 is 0. The molecule has 0 aliphatic heterocycles. The molecule has 18 heavy (non-hydrogen) atoms. The van der Waals surface area contributed by atoms with Gasteiger partial charge in [0.05, 0.1) is 5.56 Å². The number of hydrogen-bond acceptors (Lipinski definition) is 4. The highest BCUT2D eigenvalue weighted by atomic mass is 19.1. The fourth-order valence-electron chi connectivity index (χ4n) is 2.08. The standard InChI is InChI=1S/C13H13FN2O2/c1-13(2)6-9(13)11-15-12(18-16-11)8-4-3-7(14)5-10(8)17/h3-5,9,17H,6H2,1-2H3. The first-order valence-electron chi connectivity index (χ1n) is 5.80. The number of hydrogen-bond donors (Lipinski definition) is 1. The molecule has 0 amide bonds. The van der Waals surface area contributed by atoms with Gasteiger partial charge in [0, 0.05) is 12.0 Å². The van der Waals surface area contributed by atoms with Crippen molar-refractivity contribution in [3.8, 4) is 17.2 Å². The Balaban J connectivity index is 1.94. The molecule has 3 rings (SSSR count). The van der Waals surface area contributed by atoms with Crippen LogP contribution in [0.15, 0.2) is 22.7 Å². The minimum atomic E-state index is -0.501. The molecule has 2 aromatic rings. The van der Waals surface area contributed by atoms with E-state index in [9.17, 15) is 9.50 Å². The van der Waals surface area contributed by atoms with Crippen LogP contribution in [-0.2, 0) is 0 Å². The summed E-state index contributed by atoms with van der Waals surface area (Å²) in [6, 6.07) is 3.71. The van der Waals surface area contributed by atoms with Gasteiger partial charge in [-0.15, -0.1) is 0 Å². The molecule has 1 heterocycles. The van der Waals surface area contributed by atoms with Gasteiger partial charge in [-0.25, -0.2) is 4.39 Å². The highest BCUT2D eigenvalue weighted by Crippen LogP contribution is 2.57. The highest BCUT2D eigenvalue weighted by molar-refractivity contribution is 5.61. The number of aromatic hydroxyl groups is 1. The predicted octanol–water partition coefficient (Wildman–Crippen LogP) is 3.09. The third kappa shape index (κ3) is 1.75. The largest absolute Gasteiger partial charge is 0.507 e. The molecule has 0 saturated heterocycles. The van der Waals surface area contributed by atoms with Crippen molar-refractivity contribution in [2.45, 2.75) is 26.2 Å². The van der Waals surface area contributed by atoms with E-state index < -0.39 is 5.82 Å². The summed E-state index contributed by atoms with van der Waals surface area (Å²) in [5, 5.41) is 13.6. The molecule has 1 atom stereocenters. The van der Waals surface area contributed by atoms with Crippen LogP contribution in [0.2, 0.25) is 0 Å². The predicted molar refractivity (Wildman–Crippen MR) is 62.5 cm³/mol. The Bertz CT molecular complexity index is 607. The number of halogens is 1. The fourth-order valence-corrected chi connectivity index (χ4v) is 2.08. The van der Waals surface area contributed by atoms with E-state index in [1.165, 1.54) is 12.1 Å². The lowest BCUT2D eigenvalue weighted by Gasteiger charge is -1.98. The van der Waals surface area contributed by atoms with E-state index in [-0.39, 0.29) is 17.1 Å². The molecule has 1 saturated carbocycles. The Hall–Kier alpha value is -1.91. The van der Waals surface area contributed by atoms with Crippen LogP contribution in [0.4, 0.5) is 4.39 Å². The van der Waals surface area contributed by atoms with Crippen LogP contribution in [0.25, 0.3) is 11.5 Å². The quantitative estimate of drug-likeness (QED) is 0.887. The number of nitrogens with zero attached hydrogens (tertiary/aromatic N) is 2. The minimum Gasteiger partial charge on any atom is -0.507 e. The molecule has 0 spiro atoms. The summed E-state index contributed by atoms with van der Waals surface area (Å²) < 4.78 is 18.0. The number of phenolic OH excluding ortho intramolecular Hbond substituents is 1. The minimum absolute atomic E-state index is 0.194. The molecule has 0 bridgehead atoms. The average Bonchev–Trinajstić information content (AvgIpc) is 2.74. The van der Waals surface area contributed by atoms with Crippen LogP contribution in [0.1, 0.15) is 32.0 Å². The van der Waals surface area contributed by atoms with Crippen molar-refractivity contribution >= 4 is 0 Å². The third-order valence-corrected chi connectivity index (χ3v) is 3.46. The van der Waals surface area contributed by atoms with Gasteiger partial charge in [-0.05, 0) is 24.0 Å². The molecule has 4 nitrogen and oxygen atoms in total. The lowest BCUT2D eigenvalue weighted by molar-refractivity contribution is 0.414. The number of phenols is 1. The second kappa shape index (κ2) is 3.54. The average molecular weight is 248 g/mol. The van der Waals surface area contributed by atoms with Gasteiger partial charge < -0.3 is 9.63 Å². The second-order valence-corrected chi connectivity index (χ2v) is 5.36. The zero-order chi connectivity index (χ0) is 12.9. The van der Waals surface area contributed by atoms with E-state index in [0.29, 0.717) is 17.3 Å². The monoisotopic (exact) mass is 248 g/mol. The van der Waals surface area contributed by atoms with Crippen LogP contribution in [0, 0.1) is 11.2 Å². The molecule has 5 heteroatoms. The van der Waals surface area contributed by atoms with Crippen molar-refractivity contribution in [2.75, 3.05) is 0 Å². The van der Waals surface area contributed by atoms with Gasteiger partial charge >= 0.3 is 0 Å². The molecule has 1 aliphatic carbocycles. The Morgan fingerprint density at radius 2 is 2.17 bits per heavy atom. The first-order chi connectivity index (χ1) is 8.47. The summed E-state index contributed by atoms with van der Waals surface area (Å²) in [6.07, 6.45) is 1.03. The summed E-state index contributed by atoms with van der Waals surface area (Å²) in [5.74, 6) is 0.487. The first kappa shape index (κ1) is 11.2. The van der Waals surface area contributed by atoms with Gasteiger partial charge in [0.1, 0.15) is 11.6 Å². The Morgan fingerprint density at radius 1 is 1.44 bits per heavy atom. The van der Waals surface area contributed by atoms with E-state index in [1.54, 1.807) is 0 Å². The van der Waals surface area contributed by atoms with Gasteiger partial charge in [-0.2, -0.15) is 4.98 Å². The number of aromatic nitrogens is 2. The van der Waals surface area contributed by atoms with Gasteiger partial charge in [-0.1, -0.05) is 19.0 Å². The van der Waals surface area contributed by atoms with Gasteiger partial charge in [0.25, 0.3) is 5.89 Å². The molecule has 1 aliphatic rings. The molecule has 1 N–H and O–H groups in total. The smallest absolute Gasteiger partial charge is 0.261 e. The molecule has 1 unspecified atom stereocenters. The molecular formula is C13H13FN2O2. The van der Waals surface area contributed by atoms with E-state index in [0.717, 1.165) is 12.5 Å². The van der Waals surface area contributed by atoms with Gasteiger partial charge in [0.2, 0.25) is 0 Å². The lowest BCUT2D eigenvalue weighted by atomic mass is 10.1. The summed E-state index contributed by atoms with van der Waals surface area (Å²) in [6.45, 7) is 4.28. The summed E-state index contributed by atoms with van der Waals surface area (Å²) in [5.41, 5.74) is 0.569. The lowest BCUT2D eigenvalue weighted by Crippen LogP contribution is -1.91. The van der Waals surface area contributed by atoms with E-state index in [2.05, 4.69) is 24.0 Å². The maximum Gasteiger partial charge on any atom is 0.261 e.